The molecule has 2 aromatic rings. The van der Waals surface area contributed by atoms with Crippen LogP contribution in [0.25, 0.3) is 10.2 Å². The van der Waals surface area contributed by atoms with Gasteiger partial charge in [-0.3, -0.25) is 9.59 Å². The quantitative estimate of drug-likeness (QED) is 0.902. The normalized spacial score (nSPS) is 19.0. The average Bonchev–Trinajstić information content (AvgIpc) is 3.11. The minimum atomic E-state index is -0.343. The van der Waals surface area contributed by atoms with Crippen LogP contribution in [0.3, 0.4) is 0 Å². The van der Waals surface area contributed by atoms with Crippen LogP contribution in [0.15, 0.2) is 18.2 Å². The standard InChI is InChI=1S/C17H21N3O3S/c1-10-5-4-6-13-15(10)18-17(24-13)19-16(22)12-7-14(21)20(8-12)11(2)9-23-3/h4-6,11-12H,7-9H2,1-3H3,(H,18,19,22)/t11-,12-/m1/s1. The molecule has 0 radical (unpaired) electrons. The van der Waals surface area contributed by atoms with Crippen LogP contribution in [0.5, 0.6) is 0 Å². The van der Waals surface area contributed by atoms with Crippen molar-refractivity contribution in [1.82, 2.24) is 9.88 Å². The van der Waals surface area contributed by atoms with Gasteiger partial charge in [0.15, 0.2) is 5.13 Å². The van der Waals surface area contributed by atoms with Crippen LogP contribution >= 0.6 is 11.3 Å². The molecule has 0 aliphatic carbocycles. The lowest BCUT2D eigenvalue weighted by molar-refractivity contribution is -0.130. The highest BCUT2D eigenvalue weighted by Crippen LogP contribution is 2.29. The first kappa shape index (κ1) is 16.9. The molecular formula is C17H21N3O3S. The molecule has 1 aromatic carbocycles. The molecule has 7 heteroatoms. The van der Waals surface area contributed by atoms with Gasteiger partial charge in [0.2, 0.25) is 11.8 Å². The van der Waals surface area contributed by atoms with E-state index in [4.69, 9.17) is 4.74 Å². The van der Waals surface area contributed by atoms with Gasteiger partial charge in [0.25, 0.3) is 0 Å². The van der Waals surface area contributed by atoms with Crippen molar-refractivity contribution in [2.24, 2.45) is 5.92 Å². The Morgan fingerprint density at radius 1 is 1.54 bits per heavy atom. The Balaban J connectivity index is 1.68. The van der Waals surface area contributed by atoms with Crippen molar-refractivity contribution in [3.8, 4) is 0 Å². The Kier molecular flexibility index (Phi) is 4.82. The lowest BCUT2D eigenvalue weighted by Crippen LogP contribution is -2.38. The summed E-state index contributed by atoms with van der Waals surface area (Å²) in [6.45, 7) is 4.83. The topological polar surface area (TPSA) is 71.5 Å². The number of fused-ring (bicyclic) bond motifs is 1. The Hall–Kier alpha value is -1.99. The number of benzene rings is 1. The number of hydrogen-bond acceptors (Lipinski definition) is 5. The number of aromatic nitrogens is 1. The molecule has 0 bridgehead atoms. The first-order chi connectivity index (χ1) is 11.5. The fourth-order valence-corrected chi connectivity index (χ4v) is 3.96. The zero-order valence-electron chi connectivity index (χ0n) is 14.0. The number of hydrogen-bond donors (Lipinski definition) is 1. The van der Waals surface area contributed by atoms with E-state index in [9.17, 15) is 9.59 Å². The second-order valence-electron chi connectivity index (χ2n) is 6.18. The summed E-state index contributed by atoms with van der Waals surface area (Å²) in [5.41, 5.74) is 2.00. The number of methoxy groups -OCH3 is 1. The molecule has 3 rings (SSSR count). The summed E-state index contributed by atoms with van der Waals surface area (Å²) in [5.74, 6) is -0.489. The van der Waals surface area contributed by atoms with E-state index in [1.165, 1.54) is 11.3 Å². The number of nitrogens with zero attached hydrogens (tertiary/aromatic N) is 2. The van der Waals surface area contributed by atoms with Gasteiger partial charge in [-0.05, 0) is 25.5 Å². The molecule has 2 atom stereocenters. The van der Waals surface area contributed by atoms with Crippen molar-refractivity contribution >= 4 is 38.5 Å². The Morgan fingerprint density at radius 2 is 2.33 bits per heavy atom. The molecule has 128 valence electrons. The molecule has 0 spiro atoms. The first-order valence-electron chi connectivity index (χ1n) is 7.95. The molecular weight excluding hydrogens is 326 g/mol. The summed E-state index contributed by atoms with van der Waals surface area (Å²) in [5, 5.41) is 3.45. The van der Waals surface area contributed by atoms with Crippen LogP contribution in [0.2, 0.25) is 0 Å². The highest BCUT2D eigenvalue weighted by molar-refractivity contribution is 7.22. The van der Waals surface area contributed by atoms with Gasteiger partial charge in [0.05, 0.1) is 28.8 Å². The predicted octanol–water partition coefficient (Wildman–Crippen LogP) is 2.43. The van der Waals surface area contributed by atoms with Gasteiger partial charge in [-0.2, -0.15) is 0 Å². The molecule has 24 heavy (non-hydrogen) atoms. The predicted molar refractivity (Wildman–Crippen MR) is 94.1 cm³/mol. The SMILES string of the molecule is COC[C@@H](C)N1C[C@H](C(=O)Nc2nc3c(C)cccc3s2)CC1=O. The van der Waals surface area contributed by atoms with Gasteiger partial charge in [0, 0.05) is 20.1 Å². The van der Waals surface area contributed by atoms with Crippen LogP contribution in [0, 0.1) is 12.8 Å². The fourth-order valence-electron chi connectivity index (χ4n) is 3.01. The molecule has 6 nitrogen and oxygen atoms in total. The van der Waals surface area contributed by atoms with Crippen molar-refractivity contribution in [2.45, 2.75) is 26.3 Å². The highest BCUT2D eigenvalue weighted by atomic mass is 32.1. The maximum absolute atomic E-state index is 12.5. The van der Waals surface area contributed by atoms with Gasteiger partial charge in [0.1, 0.15) is 0 Å². The molecule has 1 aliphatic heterocycles. The smallest absolute Gasteiger partial charge is 0.231 e. The number of para-hydroxylation sites is 1. The zero-order chi connectivity index (χ0) is 17.3. The lowest BCUT2D eigenvalue weighted by atomic mass is 10.1. The third kappa shape index (κ3) is 3.27. The lowest BCUT2D eigenvalue weighted by Gasteiger charge is -2.23. The molecule has 0 saturated carbocycles. The summed E-state index contributed by atoms with van der Waals surface area (Å²) in [6, 6.07) is 5.94. The van der Waals surface area contributed by atoms with E-state index in [1.807, 2.05) is 32.0 Å². The Morgan fingerprint density at radius 3 is 3.04 bits per heavy atom. The number of aryl methyl sites for hydroxylation is 1. The second-order valence-corrected chi connectivity index (χ2v) is 7.21. The molecule has 1 saturated heterocycles. The van der Waals surface area contributed by atoms with E-state index in [-0.39, 0.29) is 30.2 Å². The molecule has 0 unspecified atom stereocenters. The number of rotatable bonds is 5. The van der Waals surface area contributed by atoms with Crippen molar-refractivity contribution in [1.29, 1.82) is 0 Å². The van der Waals surface area contributed by atoms with Gasteiger partial charge < -0.3 is 15.0 Å². The number of nitrogens with one attached hydrogen (secondary N) is 1. The number of amides is 2. The van der Waals surface area contributed by atoms with Crippen LogP contribution in [-0.2, 0) is 14.3 Å². The average molecular weight is 347 g/mol. The second kappa shape index (κ2) is 6.86. The largest absolute Gasteiger partial charge is 0.383 e. The molecule has 1 aromatic heterocycles. The van der Waals surface area contributed by atoms with Crippen LogP contribution in [0.1, 0.15) is 18.9 Å². The maximum Gasteiger partial charge on any atom is 0.231 e. The minimum Gasteiger partial charge on any atom is -0.383 e. The van der Waals surface area contributed by atoms with E-state index >= 15 is 0 Å². The summed E-state index contributed by atoms with van der Waals surface area (Å²) in [4.78, 5) is 30.8. The summed E-state index contributed by atoms with van der Waals surface area (Å²) in [6.07, 6.45) is 0.240. The van der Waals surface area contributed by atoms with Gasteiger partial charge in [-0.25, -0.2) is 4.98 Å². The van der Waals surface area contributed by atoms with Crippen LogP contribution < -0.4 is 5.32 Å². The minimum absolute atomic E-state index is 0.000144. The van der Waals surface area contributed by atoms with Crippen LogP contribution in [-0.4, -0.2) is 48.0 Å². The number of anilines is 1. The van der Waals surface area contributed by atoms with Crippen LogP contribution in [0.4, 0.5) is 5.13 Å². The van der Waals surface area contributed by atoms with E-state index in [0.717, 1.165) is 15.8 Å². The summed E-state index contributed by atoms with van der Waals surface area (Å²) < 4.78 is 6.14. The molecule has 2 heterocycles. The highest BCUT2D eigenvalue weighted by Gasteiger charge is 2.36. The number of carbonyl (C=O) groups is 2. The van der Waals surface area contributed by atoms with E-state index in [0.29, 0.717) is 18.3 Å². The monoisotopic (exact) mass is 347 g/mol. The van der Waals surface area contributed by atoms with Gasteiger partial charge in [-0.15, -0.1) is 0 Å². The Bertz CT molecular complexity index is 774. The third-order valence-electron chi connectivity index (χ3n) is 4.32. The van der Waals surface area contributed by atoms with Gasteiger partial charge in [-0.1, -0.05) is 23.5 Å². The van der Waals surface area contributed by atoms with Crippen molar-refractivity contribution in [2.75, 3.05) is 25.6 Å². The fraction of sp³-hybridized carbons (Fsp3) is 0.471. The molecule has 2 amide bonds. The van der Waals surface area contributed by atoms with E-state index < -0.39 is 0 Å². The number of likely N-dealkylation sites (tertiary alicyclic amines) is 1. The van der Waals surface area contributed by atoms with E-state index in [1.54, 1.807) is 12.0 Å². The molecule has 1 aliphatic rings. The zero-order valence-corrected chi connectivity index (χ0v) is 14.9. The number of thiazole rings is 1. The molecule has 1 N–H and O–H groups in total. The first-order valence-corrected chi connectivity index (χ1v) is 8.76. The summed E-state index contributed by atoms with van der Waals surface area (Å²) in [7, 11) is 1.61. The van der Waals surface area contributed by atoms with Crippen molar-refractivity contribution in [3.63, 3.8) is 0 Å². The van der Waals surface area contributed by atoms with Crippen molar-refractivity contribution in [3.05, 3.63) is 23.8 Å². The van der Waals surface area contributed by atoms with Gasteiger partial charge >= 0.3 is 0 Å². The number of carbonyl (C=O) groups excluding carboxylic acids is 2. The maximum atomic E-state index is 12.5. The van der Waals surface area contributed by atoms with E-state index in [2.05, 4.69) is 10.3 Å². The molecule has 1 fully saturated rings. The number of ether oxygens (including phenoxy) is 1. The van der Waals surface area contributed by atoms with Crippen molar-refractivity contribution < 1.29 is 14.3 Å². The summed E-state index contributed by atoms with van der Waals surface area (Å²) >= 11 is 1.45. The Labute approximate surface area is 144 Å². The third-order valence-corrected chi connectivity index (χ3v) is 5.26.